The number of halogens is 1. The zero-order valence-corrected chi connectivity index (χ0v) is 17.4. The van der Waals surface area contributed by atoms with E-state index in [1.807, 2.05) is 24.3 Å². The van der Waals surface area contributed by atoms with E-state index in [0.717, 1.165) is 30.4 Å². The molecule has 4 rings (SSSR count). The maximum atomic E-state index is 13.2. The van der Waals surface area contributed by atoms with Crippen molar-refractivity contribution in [3.63, 3.8) is 0 Å². The van der Waals surface area contributed by atoms with Crippen LogP contribution in [-0.4, -0.2) is 53.7 Å². The van der Waals surface area contributed by atoms with E-state index in [1.165, 1.54) is 12.1 Å². The second-order valence-electron chi connectivity index (χ2n) is 8.17. The van der Waals surface area contributed by atoms with E-state index in [2.05, 4.69) is 5.32 Å². The first-order valence-electron chi connectivity index (χ1n) is 10.7. The predicted molar refractivity (Wildman–Crippen MR) is 116 cm³/mol. The van der Waals surface area contributed by atoms with Crippen LogP contribution in [0, 0.1) is 11.7 Å². The highest BCUT2D eigenvalue weighted by molar-refractivity contribution is 5.94. The SMILES string of the molecule is O=C(Nc1cccc(-c2ccc(F)cc2)c1)C1CCCN(C(=O)CN2CCCC2=O)C1. The Morgan fingerprint density at radius 3 is 2.58 bits per heavy atom. The van der Waals surface area contributed by atoms with E-state index in [4.69, 9.17) is 0 Å². The summed E-state index contributed by atoms with van der Waals surface area (Å²) >= 11 is 0. The van der Waals surface area contributed by atoms with Crippen LogP contribution in [0.3, 0.4) is 0 Å². The van der Waals surface area contributed by atoms with E-state index in [9.17, 15) is 18.8 Å². The maximum absolute atomic E-state index is 13.2. The van der Waals surface area contributed by atoms with Crippen molar-refractivity contribution in [2.45, 2.75) is 25.7 Å². The number of carbonyl (C=O) groups excluding carboxylic acids is 3. The van der Waals surface area contributed by atoms with Gasteiger partial charge in [0.1, 0.15) is 5.82 Å². The normalized spacial score (nSPS) is 18.9. The number of benzene rings is 2. The van der Waals surface area contributed by atoms with Gasteiger partial charge in [-0.25, -0.2) is 4.39 Å². The molecule has 7 heteroatoms. The molecule has 1 atom stereocenters. The number of nitrogens with one attached hydrogen (secondary N) is 1. The van der Waals surface area contributed by atoms with E-state index < -0.39 is 0 Å². The molecular formula is C24H26FN3O3. The molecule has 0 radical (unpaired) electrons. The van der Waals surface area contributed by atoms with Crippen molar-refractivity contribution in [2.24, 2.45) is 5.92 Å². The fraction of sp³-hybridized carbons (Fsp3) is 0.375. The summed E-state index contributed by atoms with van der Waals surface area (Å²) in [6.07, 6.45) is 2.78. The Kier molecular flexibility index (Phi) is 6.30. The summed E-state index contributed by atoms with van der Waals surface area (Å²) in [6, 6.07) is 13.6. The minimum Gasteiger partial charge on any atom is -0.340 e. The molecule has 2 aromatic rings. The number of rotatable bonds is 5. The van der Waals surface area contributed by atoms with Crippen molar-refractivity contribution in [1.29, 1.82) is 0 Å². The Morgan fingerprint density at radius 1 is 1.03 bits per heavy atom. The van der Waals surface area contributed by atoms with Gasteiger partial charge in [0.05, 0.1) is 12.5 Å². The second kappa shape index (κ2) is 9.29. The Morgan fingerprint density at radius 2 is 1.84 bits per heavy atom. The number of hydrogen-bond donors (Lipinski definition) is 1. The third kappa shape index (κ3) is 5.10. The molecule has 0 spiro atoms. The number of hydrogen-bond acceptors (Lipinski definition) is 3. The fourth-order valence-corrected chi connectivity index (χ4v) is 4.22. The van der Waals surface area contributed by atoms with Crippen molar-refractivity contribution in [3.8, 4) is 11.1 Å². The van der Waals surface area contributed by atoms with Crippen LogP contribution in [0.15, 0.2) is 48.5 Å². The van der Waals surface area contributed by atoms with Gasteiger partial charge in [-0.3, -0.25) is 14.4 Å². The molecule has 0 saturated carbocycles. The molecule has 1 N–H and O–H groups in total. The van der Waals surface area contributed by atoms with Crippen molar-refractivity contribution in [1.82, 2.24) is 9.80 Å². The minimum atomic E-state index is -0.293. The van der Waals surface area contributed by atoms with Crippen molar-refractivity contribution >= 4 is 23.4 Å². The number of anilines is 1. The van der Waals surface area contributed by atoms with Gasteiger partial charge in [0.2, 0.25) is 17.7 Å². The van der Waals surface area contributed by atoms with Gasteiger partial charge >= 0.3 is 0 Å². The molecule has 31 heavy (non-hydrogen) atoms. The van der Waals surface area contributed by atoms with E-state index in [1.54, 1.807) is 21.9 Å². The van der Waals surface area contributed by atoms with Gasteiger partial charge in [0.25, 0.3) is 0 Å². The molecule has 2 fully saturated rings. The first kappa shape index (κ1) is 21.0. The molecule has 1 unspecified atom stereocenters. The Balaban J connectivity index is 1.37. The van der Waals surface area contributed by atoms with E-state index >= 15 is 0 Å². The van der Waals surface area contributed by atoms with Crippen LogP contribution in [0.25, 0.3) is 11.1 Å². The van der Waals surface area contributed by atoms with Crippen LogP contribution < -0.4 is 5.32 Å². The average Bonchev–Trinajstić information content (AvgIpc) is 3.19. The number of likely N-dealkylation sites (tertiary alicyclic amines) is 2. The quantitative estimate of drug-likeness (QED) is 0.802. The largest absolute Gasteiger partial charge is 0.340 e. The summed E-state index contributed by atoms with van der Waals surface area (Å²) in [4.78, 5) is 40.6. The second-order valence-corrected chi connectivity index (χ2v) is 8.17. The highest BCUT2D eigenvalue weighted by Gasteiger charge is 2.31. The number of piperidine rings is 1. The molecule has 2 saturated heterocycles. The monoisotopic (exact) mass is 423 g/mol. The first-order chi connectivity index (χ1) is 15.0. The number of carbonyl (C=O) groups is 3. The molecule has 2 aromatic carbocycles. The van der Waals surface area contributed by atoms with Gasteiger partial charge in [0.15, 0.2) is 0 Å². The average molecular weight is 423 g/mol. The van der Waals surface area contributed by atoms with Gasteiger partial charge < -0.3 is 15.1 Å². The van der Waals surface area contributed by atoms with Crippen LogP contribution in [0.2, 0.25) is 0 Å². The molecule has 2 heterocycles. The van der Waals surface area contributed by atoms with E-state index in [-0.39, 0.29) is 36.0 Å². The number of amides is 3. The fourth-order valence-electron chi connectivity index (χ4n) is 4.22. The summed E-state index contributed by atoms with van der Waals surface area (Å²) in [6.45, 7) is 1.72. The van der Waals surface area contributed by atoms with Crippen LogP contribution in [0.4, 0.5) is 10.1 Å². The van der Waals surface area contributed by atoms with Crippen molar-refractivity contribution in [2.75, 3.05) is 31.5 Å². The Bertz CT molecular complexity index is 976. The van der Waals surface area contributed by atoms with Gasteiger partial charge in [-0.2, -0.15) is 0 Å². The molecule has 162 valence electrons. The van der Waals surface area contributed by atoms with Crippen LogP contribution in [-0.2, 0) is 14.4 Å². The molecule has 3 amide bonds. The van der Waals surface area contributed by atoms with Crippen LogP contribution in [0.5, 0.6) is 0 Å². The lowest BCUT2D eigenvalue weighted by Gasteiger charge is -2.33. The summed E-state index contributed by atoms with van der Waals surface area (Å²) in [7, 11) is 0. The third-order valence-corrected chi connectivity index (χ3v) is 5.95. The maximum Gasteiger partial charge on any atom is 0.242 e. The first-order valence-corrected chi connectivity index (χ1v) is 10.7. The summed E-state index contributed by atoms with van der Waals surface area (Å²) in [5.74, 6) is -0.766. The van der Waals surface area contributed by atoms with Gasteiger partial charge in [0, 0.05) is 31.7 Å². The molecule has 6 nitrogen and oxygen atoms in total. The van der Waals surface area contributed by atoms with Gasteiger partial charge in [-0.05, 0) is 54.7 Å². The molecule has 2 aliphatic heterocycles. The van der Waals surface area contributed by atoms with Gasteiger partial charge in [-0.15, -0.1) is 0 Å². The van der Waals surface area contributed by atoms with Gasteiger partial charge in [-0.1, -0.05) is 24.3 Å². The topological polar surface area (TPSA) is 69.7 Å². The molecule has 0 aromatic heterocycles. The van der Waals surface area contributed by atoms with Crippen molar-refractivity contribution in [3.05, 3.63) is 54.3 Å². The zero-order chi connectivity index (χ0) is 21.8. The van der Waals surface area contributed by atoms with Crippen LogP contribution in [0.1, 0.15) is 25.7 Å². The van der Waals surface area contributed by atoms with Crippen molar-refractivity contribution < 1.29 is 18.8 Å². The smallest absolute Gasteiger partial charge is 0.242 e. The zero-order valence-electron chi connectivity index (χ0n) is 17.4. The lowest BCUT2D eigenvalue weighted by atomic mass is 9.96. The highest BCUT2D eigenvalue weighted by Crippen LogP contribution is 2.24. The standard InChI is InChI=1S/C24H26FN3O3/c25-20-10-8-17(9-11-20)18-4-1-6-21(14-18)26-24(31)19-5-2-12-27(15-19)23(30)16-28-13-3-7-22(28)29/h1,4,6,8-11,14,19H,2-3,5,7,12-13,15-16H2,(H,26,31). The lowest BCUT2D eigenvalue weighted by Crippen LogP contribution is -2.47. The minimum absolute atomic E-state index is 0.0284. The van der Waals surface area contributed by atoms with E-state index in [0.29, 0.717) is 31.7 Å². The molecule has 0 bridgehead atoms. The molecule has 0 aliphatic carbocycles. The Hall–Kier alpha value is -3.22. The molecular weight excluding hydrogens is 397 g/mol. The highest BCUT2D eigenvalue weighted by atomic mass is 19.1. The lowest BCUT2D eigenvalue weighted by molar-refractivity contribution is -0.140. The third-order valence-electron chi connectivity index (χ3n) is 5.95. The summed E-state index contributed by atoms with van der Waals surface area (Å²) in [5.41, 5.74) is 2.41. The van der Waals surface area contributed by atoms with Crippen LogP contribution >= 0.6 is 0 Å². The molecule has 2 aliphatic rings. The number of nitrogens with zero attached hydrogens (tertiary/aromatic N) is 2. The predicted octanol–water partition coefficient (Wildman–Crippen LogP) is 3.29. The Labute approximate surface area is 181 Å². The summed E-state index contributed by atoms with van der Waals surface area (Å²) < 4.78 is 13.2. The summed E-state index contributed by atoms with van der Waals surface area (Å²) in [5, 5.41) is 2.96.